The summed E-state index contributed by atoms with van der Waals surface area (Å²) in [6.07, 6.45) is 3.15. The van der Waals surface area contributed by atoms with Crippen molar-refractivity contribution in [2.45, 2.75) is 6.42 Å². The number of rotatable bonds is 3. The average Bonchev–Trinajstić information content (AvgIpc) is 2.93. The molecule has 2 aromatic rings. The Hall–Kier alpha value is -1.77. The lowest BCUT2D eigenvalue weighted by atomic mass is 10.0. The quantitative estimate of drug-likeness (QED) is 0.834. The number of urea groups is 1. The first kappa shape index (κ1) is 16.1. The summed E-state index contributed by atoms with van der Waals surface area (Å²) < 4.78 is 0.724. The molecule has 0 radical (unpaired) electrons. The molecule has 0 bridgehead atoms. The van der Waals surface area contributed by atoms with E-state index in [9.17, 15) is 4.79 Å². The zero-order valence-corrected chi connectivity index (χ0v) is 14.9. The Labute approximate surface area is 146 Å². The van der Waals surface area contributed by atoms with Gasteiger partial charge < -0.3 is 4.90 Å². The van der Waals surface area contributed by atoms with Gasteiger partial charge in [0.1, 0.15) is 11.6 Å². The van der Waals surface area contributed by atoms with Crippen LogP contribution in [0.1, 0.15) is 12.1 Å². The van der Waals surface area contributed by atoms with Gasteiger partial charge in [0.05, 0.1) is 5.69 Å². The molecule has 2 aromatic heterocycles. The molecule has 0 spiro atoms. The van der Waals surface area contributed by atoms with Crippen LogP contribution in [0.15, 0.2) is 33.6 Å². The van der Waals surface area contributed by atoms with E-state index in [1.807, 2.05) is 12.1 Å². The first-order valence-electron chi connectivity index (χ1n) is 7.14. The van der Waals surface area contributed by atoms with Gasteiger partial charge in [0.2, 0.25) is 0 Å². The smallest absolute Gasteiger partial charge is 0.302 e. The Morgan fingerprint density at radius 2 is 2.13 bits per heavy atom. The maximum Gasteiger partial charge on any atom is 0.326 e. The lowest BCUT2D eigenvalue weighted by molar-refractivity contribution is 0.262. The van der Waals surface area contributed by atoms with E-state index in [2.05, 4.69) is 54.6 Å². The number of amides is 2. The van der Waals surface area contributed by atoms with E-state index < -0.39 is 0 Å². The summed E-state index contributed by atoms with van der Waals surface area (Å²) in [5.74, 6) is 1.03. The Morgan fingerprint density at radius 3 is 2.83 bits per heavy atom. The molecular formula is C15H16BrN5OS. The van der Waals surface area contributed by atoms with Crippen molar-refractivity contribution < 1.29 is 4.79 Å². The van der Waals surface area contributed by atoms with Gasteiger partial charge in [0, 0.05) is 18.5 Å². The van der Waals surface area contributed by atoms with Gasteiger partial charge in [-0.2, -0.15) is 0 Å². The zero-order valence-electron chi connectivity index (χ0n) is 12.5. The lowest BCUT2D eigenvalue weighted by Gasteiger charge is -2.21. The maximum atomic E-state index is 12.0. The third-order valence-electron chi connectivity index (χ3n) is 3.45. The third kappa shape index (κ3) is 4.37. The number of likely N-dealkylation sites (N-methyl/N-ethyl adjacent to an activating group) is 1. The van der Waals surface area contributed by atoms with Gasteiger partial charge in [-0.1, -0.05) is 12.1 Å². The monoisotopic (exact) mass is 393 g/mol. The molecule has 8 heteroatoms. The van der Waals surface area contributed by atoms with Crippen LogP contribution in [0, 0.1) is 0 Å². The summed E-state index contributed by atoms with van der Waals surface area (Å²) >= 11 is 4.67. The van der Waals surface area contributed by atoms with Crippen molar-refractivity contribution in [1.29, 1.82) is 0 Å². The van der Waals surface area contributed by atoms with E-state index in [1.54, 1.807) is 11.4 Å². The maximum absolute atomic E-state index is 12.0. The number of halogens is 1. The predicted molar refractivity (Wildman–Crippen MR) is 96.8 cm³/mol. The summed E-state index contributed by atoms with van der Waals surface area (Å²) in [6, 6.07) is 5.29. The van der Waals surface area contributed by atoms with Gasteiger partial charge in [-0.25, -0.2) is 14.8 Å². The fourth-order valence-corrected chi connectivity index (χ4v) is 3.20. The van der Waals surface area contributed by atoms with E-state index in [4.69, 9.17) is 0 Å². The van der Waals surface area contributed by atoms with Crippen LogP contribution >= 0.6 is 27.3 Å². The molecule has 3 heterocycles. The Bertz CT molecular complexity index is 745. The number of nitrogens with zero attached hydrogens (tertiary/aromatic N) is 3. The topological polar surface area (TPSA) is 70.2 Å². The first-order chi connectivity index (χ1) is 11.1. The number of carbonyl (C=O) groups is 1. The molecule has 1 aliphatic heterocycles. The standard InChI is InChI=1S/C15H16BrN5OS/c1-21-7-5-10(6-8-21)11-3-2-4-12(17-11)19-15(22)20-13-9-23-14(16)18-13/h2-5,9H,6-8H2,1H3,(H2,17,19,20,22). The second kappa shape index (κ2) is 7.20. The van der Waals surface area contributed by atoms with E-state index >= 15 is 0 Å². The number of hydrogen-bond donors (Lipinski definition) is 2. The molecule has 0 saturated carbocycles. The lowest BCUT2D eigenvalue weighted by Crippen LogP contribution is -2.24. The Balaban J connectivity index is 1.66. The van der Waals surface area contributed by atoms with E-state index in [-0.39, 0.29) is 6.03 Å². The molecule has 0 aliphatic carbocycles. The molecule has 2 amide bonds. The molecule has 2 N–H and O–H groups in total. The van der Waals surface area contributed by atoms with Crippen LogP contribution in [0.2, 0.25) is 0 Å². The Morgan fingerprint density at radius 1 is 1.30 bits per heavy atom. The minimum atomic E-state index is -0.357. The normalized spacial score (nSPS) is 15.1. The van der Waals surface area contributed by atoms with Crippen LogP contribution in [-0.4, -0.2) is 41.0 Å². The van der Waals surface area contributed by atoms with Gasteiger partial charge in [-0.05, 0) is 47.1 Å². The molecule has 0 unspecified atom stereocenters. The fraction of sp³-hybridized carbons (Fsp3) is 0.267. The number of thiazole rings is 1. The van der Waals surface area contributed by atoms with Gasteiger partial charge in [-0.15, -0.1) is 11.3 Å². The number of aromatic nitrogens is 2. The van der Waals surface area contributed by atoms with Gasteiger partial charge in [0.25, 0.3) is 0 Å². The summed E-state index contributed by atoms with van der Waals surface area (Å²) in [5, 5.41) is 7.17. The highest BCUT2D eigenvalue weighted by Gasteiger charge is 2.12. The van der Waals surface area contributed by atoms with Gasteiger partial charge >= 0.3 is 6.03 Å². The van der Waals surface area contributed by atoms with Crippen molar-refractivity contribution in [2.24, 2.45) is 0 Å². The van der Waals surface area contributed by atoms with E-state index in [1.165, 1.54) is 16.9 Å². The Kier molecular flexibility index (Phi) is 5.04. The van der Waals surface area contributed by atoms with Crippen LogP contribution in [0.4, 0.5) is 16.4 Å². The number of carbonyl (C=O) groups excluding carboxylic acids is 1. The highest BCUT2D eigenvalue weighted by atomic mass is 79.9. The minimum absolute atomic E-state index is 0.357. The number of anilines is 2. The third-order valence-corrected chi connectivity index (χ3v) is 4.81. The molecule has 0 atom stereocenters. The van der Waals surface area contributed by atoms with Gasteiger partial charge in [-0.3, -0.25) is 10.6 Å². The molecule has 0 saturated heterocycles. The molecule has 120 valence electrons. The van der Waals surface area contributed by atoms with Gasteiger partial charge in [0.15, 0.2) is 3.92 Å². The van der Waals surface area contributed by atoms with Crippen LogP contribution in [0.3, 0.4) is 0 Å². The fourth-order valence-electron chi connectivity index (χ4n) is 2.26. The van der Waals surface area contributed by atoms with Crippen LogP contribution < -0.4 is 10.6 Å². The predicted octanol–water partition coefficient (Wildman–Crippen LogP) is 3.66. The van der Waals surface area contributed by atoms with E-state index in [0.717, 1.165) is 29.1 Å². The van der Waals surface area contributed by atoms with Crippen molar-refractivity contribution in [3.05, 3.63) is 39.3 Å². The summed E-state index contributed by atoms with van der Waals surface area (Å²) in [4.78, 5) is 22.9. The number of hydrogen-bond acceptors (Lipinski definition) is 5. The van der Waals surface area contributed by atoms with E-state index in [0.29, 0.717) is 11.6 Å². The first-order valence-corrected chi connectivity index (χ1v) is 8.81. The molecular weight excluding hydrogens is 378 g/mol. The highest BCUT2D eigenvalue weighted by molar-refractivity contribution is 9.11. The average molecular weight is 394 g/mol. The summed E-state index contributed by atoms with van der Waals surface area (Å²) in [7, 11) is 2.10. The minimum Gasteiger partial charge on any atom is -0.302 e. The molecule has 0 aromatic carbocycles. The molecule has 1 aliphatic rings. The second-order valence-corrected chi connectivity index (χ2v) is 7.35. The SMILES string of the molecule is CN1CC=C(c2cccc(NC(=O)Nc3csc(Br)n3)n2)CC1. The number of pyridine rings is 1. The summed E-state index contributed by atoms with van der Waals surface area (Å²) in [5.41, 5.74) is 2.13. The number of nitrogens with one attached hydrogen (secondary N) is 2. The second-order valence-electron chi connectivity index (χ2n) is 5.21. The van der Waals surface area contributed by atoms with Crippen molar-refractivity contribution in [1.82, 2.24) is 14.9 Å². The molecule has 3 rings (SSSR count). The zero-order chi connectivity index (χ0) is 16.2. The molecule has 6 nitrogen and oxygen atoms in total. The van der Waals surface area contributed by atoms with Crippen molar-refractivity contribution in [3.63, 3.8) is 0 Å². The van der Waals surface area contributed by atoms with Crippen LogP contribution in [-0.2, 0) is 0 Å². The summed E-state index contributed by atoms with van der Waals surface area (Å²) in [6.45, 7) is 1.94. The van der Waals surface area contributed by atoms with Crippen molar-refractivity contribution in [3.8, 4) is 0 Å². The largest absolute Gasteiger partial charge is 0.326 e. The van der Waals surface area contributed by atoms with Crippen molar-refractivity contribution in [2.75, 3.05) is 30.8 Å². The highest BCUT2D eigenvalue weighted by Crippen LogP contribution is 2.22. The van der Waals surface area contributed by atoms with Crippen LogP contribution in [0.25, 0.3) is 5.57 Å². The molecule has 0 fully saturated rings. The van der Waals surface area contributed by atoms with Crippen LogP contribution in [0.5, 0.6) is 0 Å². The van der Waals surface area contributed by atoms with Crippen molar-refractivity contribution >= 4 is 50.5 Å². The molecule has 23 heavy (non-hydrogen) atoms.